The monoisotopic (exact) mass is 366 g/mol. The second-order valence-electron chi connectivity index (χ2n) is 5.36. The van der Waals surface area contributed by atoms with Crippen molar-refractivity contribution in [1.82, 2.24) is 5.32 Å². The average Bonchev–Trinajstić information content (AvgIpc) is 2.56. The summed E-state index contributed by atoms with van der Waals surface area (Å²) < 4.78 is 27.7. The van der Waals surface area contributed by atoms with Crippen molar-refractivity contribution in [2.75, 3.05) is 11.4 Å². The van der Waals surface area contributed by atoms with Crippen molar-refractivity contribution in [3.8, 4) is 0 Å². The Morgan fingerprint density at radius 3 is 2.32 bits per heavy atom. The molecule has 25 heavy (non-hydrogen) atoms. The van der Waals surface area contributed by atoms with E-state index in [1.165, 1.54) is 13.0 Å². The molecule has 2 amide bonds. The molecule has 0 spiro atoms. The van der Waals surface area contributed by atoms with Crippen LogP contribution in [0.25, 0.3) is 0 Å². The van der Waals surface area contributed by atoms with E-state index in [0.29, 0.717) is 5.02 Å². The first kappa shape index (κ1) is 18.9. The fourth-order valence-electron chi connectivity index (χ4n) is 2.31. The Balaban J connectivity index is 1.98. The molecule has 2 aromatic carbocycles. The van der Waals surface area contributed by atoms with Gasteiger partial charge in [-0.05, 0) is 23.8 Å². The number of benzene rings is 2. The Hall–Kier alpha value is -2.47. The van der Waals surface area contributed by atoms with Crippen LogP contribution in [0.2, 0.25) is 5.02 Å². The molecule has 0 heterocycles. The summed E-state index contributed by atoms with van der Waals surface area (Å²) in [7, 11) is 0. The lowest BCUT2D eigenvalue weighted by molar-refractivity contribution is -0.121. The number of hydrogen-bond donors (Lipinski definition) is 1. The first-order valence-corrected chi connectivity index (χ1v) is 8.00. The summed E-state index contributed by atoms with van der Waals surface area (Å²) in [6.07, 6.45) is -0.0994. The van der Waals surface area contributed by atoms with E-state index in [-0.39, 0.29) is 25.4 Å². The van der Waals surface area contributed by atoms with Gasteiger partial charge in [0.15, 0.2) is 0 Å². The van der Waals surface area contributed by atoms with Crippen LogP contribution in [0, 0.1) is 11.6 Å². The summed E-state index contributed by atoms with van der Waals surface area (Å²) in [6, 6.07) is 10.4. The molecule has 0 aromatic heterocycles. The second-order valence-corrected chi connectivity index (χ2v) is 5.77. The molecule has 0 saturated carbocycles. The SMILES string of the molecule is CC(=O)N(CCC(=O)NCc1ccccc1Cl)c1c(F)cccc1F. The van der Waals surface area contributed by atoms with Crippen LogP contribution in [0.3, 0.4) is 0 Å². The Morgan fingerprint density at radius 2 is 1.72 bits per heavy atom. The molecular weight excluding hydrogens is 350 g/mol. The molecule has 0 saturated heterocycles. The van der Waals surface area contributed by atoms with Gasteiger partial charge in [0, 0.05) is 31.5 Å². The van der Waals surface area contributed by atoms with Crippen LogP contribution in [0.5, 0.6) is 0 Å². The third-order valence-corrected chi connectivity index (χ3v) is 3.95. The van der Waals surface area contributed by atoms with E-state index in [1.807, 2.05) is 0 Å². The highest BCUT2D eigenvalue weighted by Crippen LogP contribution is 2.23. The standard InChI is InChI=1S/C18H17ClF2N2O2/c1-12(24)23(18-15(20)7-4-8-16(18)21)10-9-17(25)22-11-13-5-2-3-6-14(13)19/h2-8H,9-11H2,1H3,(H,22,25). The Kier molecular flexibility index (Phi) is 6.47. The van der Waals surface area contributed by atoms with Gasteiger partial charge in [0.1, 0.15) is 17.3 Å². The molecule has 1 N–H and O–H groups in total. The Bertz CT molecular complexity index is 763. The van der Waals surface area contributed by atoms with Crippen molar-refractivity contribution in [2.24, 2.45) is 0 Å². The highest BCUT2D eigenvalue weighted by atomic mass is 35.5. The van der Waals surface area contributed by atoms with Crippen LogP contribution in [-0.4, -0.2) is 18.4 Å². The quantitative estimate of drug-likeness (QED) is 0.847. The number of carbonyl (C=O) groups excluding carboxylic acids is 2. The fourth-order valence-corrected chi connectivity index (χ4v) is 2.51. The van der Waals surface area contributed by atoms with Gasteiger partial charge in [-0.15, -0.1) is 0 Å². The predicted octanol–water partition coefficient (Wildman–Crippen LogP) is 3.68. The highest BCUT2D eigenvalue weighted by molar-refractivity contribution is 6.31. The van der Waals surface area contributed by atoms with E-state index in [0.717, 1.165) is 22.6 Å². The van der Waals surface area contributed by atoms with Crippen LogP contribution in [0.4, 0.5) is 14.5 Å². The minimum atomic E-state index is -0.855. The van der Waals surface area contributed by atoms with Crippen LogP contribution in [0.15, 0.2) is 42.5 Å². The maximum absolute atomic E-state index is 13.9. The molecule has 0 unspecified atom stereocenters. The molecule has 7 heteroatoms. The number of rotatable bonds is 6. The molecule has 0 fully saturated rings. The van der Waals surface area contributed by atoms with Crippen molar-refractivity contribution < 1.29 is 18.4 Å². The van der Waals surface area contributed by atoms with Gasteiger partial charge in [0.05, 0.1) is 0 Å². The Labute approximate surface area is 149 Å². The molecule has 0 atom stereocenters. The lowest BCUT2D eigenvalue weighted by atomic mass is 10.2. The third kappa shape index (κ3) is 5.00. The third-order valence-electron chi connectivity index (χ3n) is 3.58. The summed E-state index contributed by atoms with van der Waals surface area (Å²) in [5, 5.41) is 3.20. The first-order chi connectivity index (χ1) is 11.9. The second kappa shape index (κ2) is 8.58. The predicted molar refractivity (Wildman–Crippen MR) is 92.3 cm³/mol. The molecule has 0 aliphatic rings. The van der Waals surface area contributed by atoms with Gasteiger partial charge in [0.2, 0.25) is 11.8 Å². The van der Waals surface area contributed by atoms with Crippen molar-refractivity contribution >= 4 is 29.1 Å². The maximum Gasteiger partial charge on any atom is 0.224 e. The maximum atomic E-state index is 13.9. The van der Waals surface area contributed by atoms with E-state index in [1.54, 1.807) is 24.3 Å². The molecule has 2 rings (SSSR count). The summed E-state index contributed by atoms with van der Waals surface area (Å²) in [5.41, 5.74) is 0.301. The van der Waals surface area contributed by atoms with Crippen LogP contribution >= 0.6 is 11.6 Å². The Morgan fingerprint density at radius 1 is 1.08 bits per heavy atom. The molecule has 132 valence electrons. The molecule has 4 nitrogen and oxygen atoms in total. The largest absolute Gasteiger partial charge is 0.352 e. The minimum absolute atomic E-state index is 0.0994. The number of para-hydroxylation sites is 1. The number of hydrogen-bond acceptors (Lipinski definition) is 2. The lowest BCUT2D eigenvalue weighted by Gasteiger charge is -2.22. The number of nitrogens with zero attached hydrogens (tertiary/aromatic N) is 1. The number of halogens is 3. The van der Waals surface area contributed by atoms with Gasteiger partial charge in [-0.1, -0.05) is 35.9 Å². The zero-order valence-corrected chi connectivity index (χ0v) is 14.3. The lowest BCUT2D eigenvalue weighted by Crippen LogP contribution is -2.35. The number of anilines is 1. The zero-order chi connectivity index (χ0) is 18.4. The topological polar surface area (TPSA) is 49.4 Å². The zero-order valence-electron chi connectivity index (χ0n) is 13.6. The first-order valence-electron chi connectivity index (χ1n) is 7.62. The van der Waals surface area contributed by atoms with Gasteiger partial charge in [-0.25, -0.2) is 8.78 Å². The van der Waals surface area contributed by atoms with Gasteiger partial charge in [-0.2, -0.15) is 0 Å². The molecule has 0 aliphatic carbocycles. The average molecular weight is 367 g/mol. The normalized spacial score (nSPS) is 10.4. The van der Waals surface area contributed by atoms with Crippen molar-refractivity contribution in [3.05, 3.63) is 64.7 Å². The van der Waals surface area contributed by atoms with Crippen LogP contribution < -0.4 is 10.2 Å². The van der Waals surface area contributed by atoms with Crippen molar-refractivity contribution in [1.29, 1.82) is 0 Å². The highest BCUT2D eigenvalue weighted by Gasteiger charge is 2.20. The van der Waals surface area contributed by atoms with E-state index in [4.69, 9.17) is 11.6 Å². The summed E-state index contributed by atoms with van der Waals surface area (Å²) >= 11 is 6.00. The number of nitrogens with one attached hydrogen (secondary N) is 1. The van der Waals surface area contributed by atoms with E-state index in [9.17, 15) is 18.4 Å². The van der Waals surface area contributed by atoms with Crippen LogP contribution in [-0.2, 0) is 16.1 Å². The summed E-state index contributed by atoms with van der Waals surface area (Å²) in [6.45, 7) is 1.28. The van der Waals surface area contributed by atoms with E-state index >= 15 is 0 Å². The summed E-state index contributed by atoms with van der Waals surface area (Å²) in [4.78, 5) is 24.6. The number of amides is 2. The smallest absolute Gasteiger partial charge is 0.224 e. The van der Waals surface area contributed by atoms with Crippen LogP contribution in [0.1, 0.15) is 18.9 Å². The van der Waals surface area contributed by atoms with Gasteiger partial charge < -0.3 is 10.2 Å². The molecule has 0 radical (unpaired) electrons. The van der Waals surface area contributed by atoms with Gasteiger partial charge in [-0.3, -0.25) is 9.59 Å². The molecule has 0 bridgehead atoms. The van der Waals surface area contributed by atoms with Gasteiger partial charge >= 0.3 is 0 Å². The minimum Gasteiger partial charge on any atom is -0.352 e. The fraction of sp³-hybridized carbons (Fsp3) is 0.222. The summed E-state index contributed by atoms with van der Waals surface area (Å²) in [5.74, 6) is -2.62. The van der Waals surface area contributed by atoms with E-state index in [2.05, 4.69) is 5.32 Å². The number of carbonyl (C=O) groups is 2. The van der Waals surface area contributed by atoms with Crippen molar-refractivity contribution in [2.45, 2.75) is 19.9 Å². The molecule has 0 aliphatic heterocycles. The molecule has 2 aromatic rings. The van der Waals surface area contributed by atoms with Gasteiger partial charge in [0.25, 0.3) is 0 Å². The van der Waals surface area contributed by atoms with E-state index < -0.39 is 23.2 Å². The van der Waals surface area contributed by atoms with Crippen molar-refractivity contribution in [3.63, 3.8) is 0 Å². The molecular formula is C18H17ClF2N2O2.